The highest BCUT2D eigenvalue weighted by Gasteiger charge is 2.41. The van der Waals surface area contributed by atoms with Gasteiger partial charge in [-0.25, -0.2) is 9.78 Å². The Morgan fingerprint density at radius 1 is 1.06 bits per heavy atom. The minimum Gasteiger partial charge on any atom is -0.495 e. The molecule has 0 spiro atoms. The monoisotopic (exact) mass is 676 g/mol. The molecule has 6 rings (SSSR count). The third-order valence-corrected chi connectivity index (χ3v) is 10.2. The van der Waals surface area contributed by atoms with Crippen molar-refractivity contribution in [2.75, 3.05) is 62.0 Å². The molecular formula is C36H52N8O5. The fraction of sp³-hybridized carbons (Fsp3) is 0.639. The lowest BCUT2D eigenvalue weighted by atomic mass is 9.94. The van der Waals surface area contributed by atoms with Crippen molar-refractivity contribution < 1.29 is 23.9 Å². The molecule has 3 aliphatic heterocycles. The Morgan fingerprint density at radius 3 is 2.43 bits per heavy atom. The van der Waals surface area contributed by atoms with Gasteiger partial charge in [0.15, 0.2) is 5.82 Å². The second-order valence-electron chi connectivity index (χ2n) is 14.9. The standard InChI is InChI=1S/C36H52N8O5/c1-7-28-33(46)41(5)29-19-37-34(40-31(29)44(28)26-10-8-9-11-26)39-27-13-12-24(18-30(27)48-6)32(45)38-25-21-42(22-25)20-23-14-16-43(17-15-23)35(47)49-36(2,3)4/h12-13,18-19,23,25-26,28H,7-11,14-17,20-22H2,1-6H3,(H,38,45)(H,37,39,40)/t28-/m1/s1. The number of ether oxygens (including phenoxy) is 2. The number of hydrogen-bond donors (Lipinski definition) is 2. The molecule has 1 saturated carbocycles. The Kier molecular flexibility index (Phi) is 10.2. The molecule has 49 heavy (non-hydrogen) atoms. The van der Waals surface area contributed by atoms with Crippen LogP contribution in [0.5, 0.6) is 5.75 Å². The van der Waals surface area contributed by atoms with Crippen LogP contribution in [-0.4, -0.2) is 108 Å². The summed E-state index contributed by atoms with van der Waals surface area (Å²) in [6.07, 6.45) is 8.50. The summed E-state index contributed by atoms with van der Waals surface area (Å²) in [4.78, 5) is 56.4. The van der Waals surface area contributed by atoms with E-state index in [4.69, 9.17) is 14.5 Å². The van der Waals surface area contributed by atoms with Crippen LogP contribution in [0.4, 0.5) is 27.9 Å². The summed E-state index contributed by atoms with van der Waals surface area (Å²) >= 11 is 0. The molecule has 2 N–H and O–H groups in total. The maximum atomic E-state index is 13.2. The van der Waals surface area contributed by atoms with E-state index in [0.717, 1.165) is 77.1 Å². The van der Waals surface area contributed by atoms with Crippen molar-refractivity contribution in [3.63, 3.8) is 0 Å². The van der Waals surface area contributed by atoms with E-state index < -0.39 is 5.60 Å². The summed E-state index contributed by atoms with van der Waals surface area (Å²) in [5, 5.41) is 6.45. The van der Waals surface area contributed by atoms with Crippen molar-refractivity contribution in [3.8, 4) is 5.75 Å². The maximum absolute atomic E-state index is 13.2. The quantitative estimate of drug-likeness (QED) is 0.382. The topological polar surface area (TPSA) is 132 Å². The first-order valence-electron chi connectivity index (χ1n) is 17.8. The smallest absolute Gasteiger partial charge is 0.410 e. The first-order chi connectivity index (χ1) is 23.4. The normalized spacial score (nSPS) is 21.0. The van der Waals surface area contributed by atoms with Crippen LogP contribution in [0.2, 0.25) is 0 Å². The summed E-state index contributed by atoms with van der Waals surface area (Å²) in [5.41, 5.74) is 1.39. The van der Waals surface area contributed by atoms with Crippen molar-refractivity contribution >= 4 is 41.0 Å². The van der Waals surface area contributed by atoms with Gasteiger partial charge in [-0.3, -0.25) is 14.5 Å². The Hall–Kier alpha value is -4.13. The first kappa shape index (κ1) is 34.7. The van der Waals surface area contributed by atoms with E-state index in [-0.39, 0.29) is 36.0 Å². The third kappa shape index (κ3) is 7.71. The van der Waals surface area contributed by atoms with Crippen LogP contribution < -0.4 is 25.2 Å². The van der Waals surface area contributed by atoms with Crippen LogP contribution in [0.25, 0.3) is 0 Å². The van der Waals surface area contributed by atoms with Crippen LogP contribution >= 0.6 is 0 Å². The molecule has 4 aliphatic rings. The van der Waals surface area contributed by atoms with Crippen molar-refractivity contribution in [2.45, 2.75) is 96.4 Å². The Morgan fingerprint density at radius 2 is 1.78 bits per heavy atom. The molecule has 3 amide bonds. The highest BCUT2D eigenvalue weighted by Crippen LogP contribution is 2.40. The molecular weight excluding hydrogens is 624 g/mol. The summed E-state index contributed by atoms with van der Waals surface area (Å²) in [5.74, 6) is 2.15. The zero-order chi connectivity index (χ0) is 34.9. The number of benzene rings is 1. The zero-order valence-electron chi connectivity index (χ0n) is 29.8. The van der Waals surface area contributed by atoms with Gasteiger partial charge in [0.1, 0.15) is 23.1 Å². The first-order valence-corrected chi connectivity index (χ1v) is 17.8. The van der Waals surface area contributed by atoms with Crippen molar-refractivity contribution in [2.24, 2.45) is 5.92 Å². The van der Waals surface area contributed by atoms with Crippen LogP contribution in [-0.2, 0) is 9.53 Å². The number of carbonyl (C=O) groups excluding carboxylic acids is 3. The number of rotatable bonds is 9. The van der Waals surface area contributed by atoms with Crippen molar-refractivity contribution in [1.29, 1.82) is 0 Å². The molecule has 4 heterocycles. The molecule has 2 saturated heterocycles. The molecule has 0 bridgehead atoms. The molecule has 13 nitrogen and oxygen atoms in total. The fourth-order valence-corrected chi connectivity index (χ4v) is 7.57. The number of anilines is 4. The summed E-state index contributed by atoms with van der Waals surface area (Å²) in [6, 6.07) is 5.44. The van der Waals surface area contributed by atoms with E-state index in [9.17, 15) is 14.4 Å². The average molecular weight is 677 g/mol. The van der Waals surface area contributed by atoms with Crippen molar-refractivity contribution in [1.82, 2.24) is 25.1 Å². The maximum Gasteiger partial charge on any atom is 0.410 e. The van der Waals surface area contributed by atoms with Crippen LogP contribution in [0.3, 0.4) is 0 Å². The lowest BCUT2D eigenvalue weighted by Crippen LogP contribution is -2.60. The number of aromatic nitrogens is 2. The van der Waals surface area contributed by atoms with E-state index in [0.29, 0.717) is 41.0 Å². The summed E-state index contributed by atoms with van der Waals surface area (Å²) in [6.45, 7) is 11.7. The number of methoxy groups -OCH3 is 1. The predicted molar refractivity (Wildman–Crippen MR) is 189 cm³/mol. The molecule has 266 valence electrons. The lowest BCUT2D eigenvalue weighted by molar-refractivity contribution is -0.120. The van der Waals surface area contributed by atoms with Gasteiger partial charge >= 0.3 is 6.09 Å². The minimum atomic E-state index is -0.482. The number of nitrogens with zero attached hydrogens (tertiary/aromatic N) is 6. The predicted octanol–water partition coefficient (Wildman–Crippen LogP) is 4.79. The molecule has 1 aromatic heterocycles. The van der Waals surface area contributed by atoms with Crippen molar-refractivity contribution in [3.05, 3.63) is 30.0 Å². The van der Waals surface area contributed by atoms with E-state index >= 15 is 0 Å². The lowest BCUT2D eigenvalue weighted by Gasteiger charge is -2.43. The van der Waals surface area contributed by atoms with Gasteiger partial charge in [-0.1, -0.05) is 19.8 Å². The largest absolute Gasteiger partial charge is 0.495 e. The van der Waals surface area contributed by atoms with Gasteiger partial charge in [-0.2, -0.15) is 4.98 Å². The van der Waals surface area contributed by atoms with Gasteiger partial charge in [-0.15, -0.1) is 0 Å². The summed E-state index contributed by atoms with van der Waals surface area (Å²) < 4.78 is 11.2. The molecule has 0 unspecified atom stereocenters. The van der Waals surface area contributed by atoms with Crippen LogP contribution in [0.1, 0.15) is 83.0 Å². The van der Waals surface area contributed by atoms with Gasteiger partial charge in [-0.05, 0) is 77.0 Å². The van der Waals surface area contributed by atoms with E-state index in [1.807, 2.05) is 38.7 Å². The molecule has 1 aliphatic carbocycles. The number of hydrogen-bond acceptors (Lipinski definition) is 10. The SMILES string of the molecule is CC[C@@H]1C(=O)N(C)c2cnc(Nc3ccc(C(=O)NC4CN(CC5CCN(C(=O)OC(C)(C)C)CC5)C4)cc3OC)nc2N1C1CCCC1. The number of amides is 3. The number of likely N-dealkylation sites (tertiary alicyclic amines) is 2. The molecule has 1 aromatic carbocycles. The highest BCUT2D eigenvalue weighted by molar-refractivity contribution is 6.04. The number of fused-ring (bicyclic) bond motifs is 1. The van der Waals surface area contributed by atoms with E-state index in [2.05, 4.69) is 25.4 Å². The number of piperidine rings is 1. The second kappa shape index (κ2) is 14.4. The molecule has 13 heteroatoms. The average Bonchev–Trinajstić information content (AvgIpc) is 3.59. The van der Waals surface area contributed by atoms with Gasteiger partial charge in [0.05, 0.1) is 25.0 Å². The molecule has 2 aromatic rings. The molecule has 1 atom stereocenters. The number of nitrogens with one attached hydrogen (secondary N) is 2. The van der Waals surface area contributed by atoms with Crippen LogP contribution in [0.15, 0.2) is 24.4 Å². The number of likely N-dealkylation sites (N-methyl/N-ethyl adjacent to an activating group) is 1. The fourth-order valence-electron chi connectivity index (χ4n) is 7.57. The van der Waals surface area contributed by atoms with Gasteiger partial charge < -0.3 is 34.8 Å². The van der Waals surface area contributed by atoms with Gasteiger partial charge in [0.2, 0.25) is 11.9 Å². The molecule has 3 fully saturated rings. The van der Waals surface area contributed by atoms with E-state index in [1.165, 1.54) is 0 Å². The minimum absolute atomic E-state index is 0.0776. The Balaban J connectivity index is 1.03. The molecule has 0 radical (unpaired) electrons. The zero-order valence-corrected chi connectivity index (χ0v) is 29.8. The van der Waals surface area contributed by atoms with E-state index in [1.54, 1.807) is 37.4 Å². The third-order valence-electron chi connectivity index (χ3n) is 10.2. The van der Waals surface area contributed by atoms with Gasteiger partial charge in [0.25, 0.3) is 5.91 Å². The highest BCUT2D eigenvalue weighted by atomic mass is 16.6. The second-order valence-corrected chi connectivity index (χ2v) is 14.9. The summed E-state index contributed by atoms with van der Waals surface area (Å²) in [7, 11) is 3.37. The van der Waals surface area contributed by atoms with Gasteiger partial charge in [0, 0.05) is 51.4 Å². The van der Waals surface area contributed by atoms with Crippen LogP contribution in [0, 0.1) is 5.92 Å². The Bertz CT molecular complexity index is 1530. The Labute approximate surface area is 289 Å². The number of carbonyl (C=O) groups is 3.